The number of rotatable bonds is 9. The molecule has 156 valence electrons. The lowest BCUT2D eigenvalue weighted by Crippen LogP contribution is -2.42. The van der Waals surface area contributed by atoms with Gasteiger partial charge in [-0.1, -0.05) is 78.9 Å². The van der Waals surface area contributed by atoms with Crippen molar-refractivity contribution in [3.05, 3.63) is 102 Å². The highest BCUT2D eigenvalue weighted by atomic mass is 32.2. The summed E-state index contributed by atoms with van der Waals surface area (Å²) in [6.07, 6.45) is 0.530. The lowest BCUT2D eigenvalue weighted by atomic mass is 10.1. The van der Waals surface area contributed by atoms with Gasteiger partial charge >= 0.3 is 0 Å². The van der Waals surface area contributed by atoms with Gasteiger partial charge in [-0.15, -0.1) is 0 Å². The van der Waals surface area contributed by atoms with Crippen LogP contribution in [0.3, 0.4) is 0 Å². The van der Waals surface area contributed by atoms with Crippen LogP contribution < -0.4 is 0 Å². The summed E-state index contributed by atoms with van der Waals surface area (Å²) in [6.45, 7) is 0.455. The van der Waals surface area contributed by atoms with Crippen LogP contribution in [0.1, 0.15) is 11.1 Å². The number of nitrogens with zero attached hydrogens (tertiary/aromatic N) is 2. The van der Waals surface area contributed by atoms with Gasteiger partial charge in [-0.25, -0.2) is 8.42 Å². The van der Waals surface area contributed by atoms with Gasteiger partial charge in [0.1, 0.15) is 0 Å². The third-order valence-electron chi connectivity index (χ3n) is 4.87. The summed E-state index contributed by atoms with van der Waals surface area (Å²) in [5.74, 6) is -0.244. The van der Waals surface area contributed by atoms with E-state index in [1.54, 1.807) is 42.3 Å². The Morgan fingerprint density at radius 3 is 1.83 bits per heavy atom. The zero-order chi connectivity index (χ0) is 21.4. The van der Waals surface area contributed by atoms with Crippen molar-refractivity contribution in [2.45, 2.75) is 17.9 Å². The first-order chi connectivity index (χ1) is 14.5. The largest absolute Gasteiger partial charge is 0.340 e. The molecule has 0 saturated carbocycles. The molecule has 0 N–H and O–H groups in total. The predicted molar refractivity (Wildman–Crippen MR) is 118 cm³/mol. The molecular weight excluding hydrogens is 396 g/mol. The number of likely N-dealkylation sites (N-methyl/N-ethyl adjacent to an activating group) is 1. The Bertz CT molecular complexity index is 1040. The smallest absolute Gasteiger partial charge is 0.243 e. The molecule has 0 heterocycles. The number of benzene rings is 3. The van der Waals surface area contributed by atoms with Crippen LogP contribution in [0.5, 0.6) is 0 Å². The Kier molecular flexibility index (Phi) is 7.38. The number of carbonyl (C=O) groups is 1. The van der Waals surface area contributed by atoms with Crippen LogP contribution in [0, 0.1) is 0 Å². The summed E-state index contributed by atoms with van der Waals surface area (Å²) in [7, 11) is -2.09. The van der Waals surface area contributed by atoms with Gasteiger partial charge in [-0.2, -0.15) is 4.31 Å². The van der Waals surface area contributed by atoms with Crippen LogP contribution in [-0.2, 0) is 27.8 Å². The first-order valence-electron chi connectivity index (χ1n) is 9.84. The fraction of sp³-hybridized carbons (Fsp3) is 0.208. The molecule has 0 atom stereocenters. The van der Waals surface area contributed by atoms with Crippen molar-refractivity contribution in [1.82, 2.24) is 9.21 Å². The molecule has 5 nitrogen and oxygen atoms in total. The Morgan fingerprint density at radius 2 is 1.27 bits per heavy atom. The van der Waals surface area contributed by atoms with E-state index in [4.69, 9.17) is 0 Å². The zero-order valence-electron chi connectivity index (χ0n) is 17.0. The van der Waals surface area contributed by atoms with E-state index in [0.717, 1.165) is 11.1 Å². The van der Waals surface area contributed by atoms with Crippen molar-refractivity contribution < 1.29 is 13.2 Å². The minimum absolute atomic E-state index is 0.191. The van der Waals surface area contributed by atoms with Crippen molar-refractivity contribution in [3.63, 3.8) is 0 Å². The molecule has 0 saturated heterocycles. The van der Waals surface area contributed by atoms with Gasteiger partial charge in [-0.3, -0.25) is 4.79 Å². The quantitative estimate of drug-likeness (QED) is 0.530. The van der Waals surface area contributed by atoms with E-state index < -0.39 is 10.0 Å². The van der Waals surface area contributed by atoms with Crippen molar-refractivity contribution >= 4 is 15.9 Å². The molecule has 3 aromatic carbocycles. The van der Waals surface area contributed by atoms with Crippen molar-refractivity contribution in [2.24, 2.45) is 0 Å². The first kappa shape index (κ1) is 21.7. The van der Waals surface area contributed by atoms with Gasteiger partial charge in [-0.05, 0) is 29.7 Å². The normalized spacial score (nSPS) is 11.4. The summed E-state index contributed by atoms with van der Waals surface area (Å²) in [4.78, 5) is 14.6. The maximum atomic E-state index is 13.2. The van der Waals surface area contributed by atoms with Crippen LogP contribution >= 0.6 is 0 Å². The minimum atomic E-state index is -3.79. The summed E-state index contributed by atoms with van der Waals surface area (Å²) < 4.78 is 27.7. The molecule has 3 rings (SSSR count). The summed E-state index contributed by atoms with van der Waals surface area (Å²) in [5, 5.41) is 0. The topological polar surface area (TPSA) is 57.7 Å². The highest BCUT2D eigenvalue weighted by Gasteiger charge is 2.27. The molecule has 0 unspecified atom stereocenters. The molecule has 30 heavy (non-hydrogen) atoms. The monoisotopic (exact) mass is 422 g/mol. The summed E-state index contributed by atoms with van der Waals surface area (Å²) in [5.41, 5.74) is 2.02. The molecule has 0 bridgehead atoms. The molecule has 3 aromatic rings. The maximum absolute atomic E-state index is 13.2. The molecule has 0 aliphatic rings. The van der Waals surface area contributed by atoms with E-state index in [2.05, 4.69) is 0 Å². The van der Waals surface area contributed by atoms with Gasteiger partial charge in [0, 0.05) is 20.1 Å². The second kappa shape index (κ2) is 10.2. The van der Waals surface area contributed by atoms with Crippen molar-refractivity contribution in [1.29, 1.82) is 0 Å². The molecule has 0 aliphatic heterocycles. The molecule has 0 radical (unpaired) electrons. The summed E-state index contributed by atoms with van der Waals surface area (Å²) >= 11 is 0. The maximum Gasteiger partial charge on any atom is 0.243 e. The van der Waals surface area contributed by atoms with E-state index in [-0.39, 0.29) is 23.9 Å². The Morgan fingerprint density at radius 1 is 0.767 bits per heavy atom. The number of hydrogen-bond acceptors (Lipinski definition) is 3. The van der Waals surface area contributed by atoms with Crippen molar-refractivity contribution in [2.75, 3.05) is 20.1 Å². The predicted octanol–water partition coefficient (Wildman–Crippen LogP) is 3.58. The van der Waals surface area contributed by atoms with Gasteiger partial charge in [0.2, 0.25) is 15.9 Å². The lowest BCUT2D eigenvalue weighted by Gasteiger charge is -2.25. The molecule has 1 amide bonds. The second-order valence-corrected chi connectivity index (χ2v) is 9.06. The van der Waals surface area contributed by atoms with E-state index in [9.17, 15) is 13.2 Å². The molecule has 0 fully saturated rings. The average molecular weight is 423 g/mol. The van der Waals surface area contributed by atoms with Crippen LogP contribution in [0.4, 0.5) is 0 Å². The second-order valence-electron chi connectivity index (χ2n) is 7.12. The van der Waals surface area contributed by atoms with Crippen LogP contribution in [0.25, 0.3) is 0 Å². The van der Waals surface area contributed by atoms with Crippen molar-refractivity contribution in [3.8, 4) is 0 Å². The molecule has 6 heteroatoms. The molecule has 0 aliphatic carbocycles. The average Bonchev–Trinajstić information content (AvgIpc) is 2.78. The Labute approximate surface area is 178 Å². The van der Waals surface area contributed by atoms with E-state index in [1.165, 1.54) is 4.31 Å². The fourth-order valence-electron chi connectivity index (χ4n) is 3.14. The number of sulfonamides is 1. The Balaban J connectivity index is 1.77. The fourth-order valence-corrected chi connectivity index (χ4v) is 4.55. The molecule has 0 spiro atoms. The van der Waals surface area contributed by atoms with Crippen LogP contribution in [0.15, 0.2) is 95.9 Å². The zero-order valence-corrected chi connectivity index (χ0v) is 17.8. The van der Waals surface area contributed by atoms with Gasteiger partial charge < -0.3 is 4.90 Å². The third kappa shape index (κ3) is 5.78. The first-order valence-corrected chi connectivity index (χ1v) is 11.3. The number of carbonyl (C=O) groups excluding carboxylic acids is 1. The Hall–Kier alpha value is -2.96. The van der Waals surface area contributed by atoms with E-state index >= 15 is 0 Å². The standard InChI is InChI=1S/C24H26N2O3S/c1-25(19-22-13-7-3-8-14-22)24(27)20-26(18-17-21-11-5-2-6-12-21)30(28,29)23-15-9-4-10-16-23/h2-16H,17-20H2,1H3. The van der Waals surface area contributed by atoms with E-state index in [1.807, 2.05) is 60.7 Å². The highest BCUT2D eigenvalue weighted by Crippen LogP contribution is 2.17. The summed E-state index contributed by atoms with van der Waals surface area (Å²) in [6, 6.07) is 27.6. The number of hydrogen-bond donors (Lipinski definition) is 0. The van der Waals surface area contributed by atoms with Gasteiger partial charge in [0.25, 0.3) is 0 Å². The SMILES string of the molecule is CN(Cc1ccccc1)C(=O)CN(CCc1ccccc1)S(=O)(=O)c1ccccc1. The van der Waals surface area contributed by atoms with Gasteiger partial charge in [0.05, 0.1) is 11.4 Å². The highest BCUT2D eigenvalue weighted by molar-refractivity contribution is 7.89. The third-order valence-corrected chi connectivity index (χ3v) is 6.73. The molecule has 0 aromatic heterocycles. The van der Waals surface area contributed by atoms with Crippen LogP contribution in [-0.4, -0.2) is 43.7 Å². The lowest BCUT2D eigenvalue weighted by molar-refractivity contribution is -0.130. The van der Waals surface area contributed by atoms with Crippen LogP contribution in [0.2, 0.25) is 0 Å². The minimum Gasteiger partial charge on any atom is -0.340 e. The number of amides is 1. The van der Waals surface area contributed by atoms with E-state index in [0.29, 0.717) is 13.0 Å². The van der Waals surface area contributed by atoms with Gasteiger partial charge in [0.15, 0.2) is 0 Å². The molecular formula is C24H26N2O3S.